The highest BCUT2D eigenvalue weighted by Gasteiger charge is 2.13. The Morgan fingerprint density at radius 2 is 1.57 bits per heavy atom. The smallest absolute Gasteiger partial charge is 0.240 e. The molecule has 0 fully saturated rings. The van der Waals surface area contributed by atoms with Gasteiger partial charge < -0.3 is 5.73 Å². The van der Waals surface area contributed by atoms with E-state index in [0.29, 0.717) is 12.1 Å². The van der Waals surface area contributed by atoms with Gasteiger partial charge in [-0.3, -0.25) is 0 Å². The van der Waals surface area contributed by atoms with Crippen molar-refractivity contribution in [3.63, 3.8) is 0 Å². The number of nitriles is 1. The summed E-state index contributed by atoms with van der Waals surface area (Å²) >= 11 is 0. The highest BCUT2D eigenvalue weighted by Crippen LogP contribution is 2.11. The molecule has 0 aromatic heterocycles. The molecule has 0 unspecified atom stereocenters. The van der Waals surface area contributed by atoms with E-state index in [1.165, 1.54) is 24.3 Å². The zero-order valence-corrected chi connectivity index (χ0v) is 12.1. The van der Waals surface area contributed by atoms with Crippen LogP contribution in [0.15, 0.2) is 53.4 Å². The van der Waals surface area contributed by atoms with Crippen molar-refractivity contribution < 1.29 is 8.42 Å². The van der Waals surface area contributed by atoms with Crippen LogP contribution in [0.1, 0.15) is 16.7 Å². The lowest BCUT2D eigenvalue weighted by molar-refractivity contribution is 0.581. The Kier molecular flexibility index (Phi) is 4.70. The molecule has 0 aliphatic heterocycles. The number of nitrogens with two attached hydrogens (primary N) is 1. The van der Waals surface area contributed by atoms with Crippen LogP contribution in [0.25, 0.3) is 0 Å². The van der Waals surface area contributed by atoms with E-state index in [2.05, 4.69) is 4.72 Å². The second kappa shape index (κ2) is 6.50. The molecule has 0 aliphatic carbocycles. The predicted molar refractivity (Wildman–Crippen MR) is 79.5 cm³/mol. The summed E-state index contributed by atoms with van der Waals surface area (Å²) < 4.78 is 26.8. The molecule has 2 rings (SSSR count). The second-order valence-corrected chi connectivity index (χ2v) is 6.25. The minimum Gasteiger partial charge on any atom is -0.326 e. The molecule has 21 heavy (non-hydrogen) atoms. The predicted octanol–water partition coefficient (Wildman–Crippen LogP) is 1.50. The van der Waals surface area contributed by atoms with Crippen molar-refractivity contribution in [3.05, 3.63) is 65.2 Å². The van der Waals surface area contributed by atoms with Gasteiger partial charge in [0.2, 0.25) is 10.0 Å². The molecule has 5 nitrogen and oxygen atoms in total. The third-order valence-corrected chi connectivity index (χ3v) is 4.44. The van der Waals surface area contributed by atoms with Crippen molar-refractivity contribution in [2.24, 2.45) is 5.73 Å². The third-order valence-electron chi connectivity index (χ3n) is 3.02. The lowest BCUT2D eigenvalue weighted by atomic mass is 10.1. The number of rotatable bonds is 5. The number of nitrogens with zero attached hydrogens (tertiary/aromatic N) is 1. The Morgan fingerprint density at radius 3 is 2.10 bits per heavy atom. The summed E-state index contributed by atoms with van der Waals surface area (Å²) in [6.07, 6.45) is 0. The number of hydrogen-bond acceptors (Lipinski definition) is 4. The lowest BCUT2D eigenvalue weighted by Gasteiger charge is -2.07. The summed E-state index contributed by atoms with van der Waals surface area (Å²) in [7, 11) is -3.58. The molecule has 108 valence electrons. The van der Waals surface area contributed by atoms with Gasteiger partial charge in [0.25, 0.3) is 0 Å². The van der Waals surface area contributed by atoms with E-state index < -0.39 is 10.0 Å². The first kappa shape index (κ1) is 15.2. The maximum absolute atomic E-state index is 12.1. The first-order chi connectivity index (χ1) is 10.0. The fourth-order valence-electron chi connectivity index (χ4n) is 1.76. The third kappa shape index (κ3) is 3.89. The Hall–Kier alpha value is -2.20. The van der Waals surface area contributed by atoms with Gasteiger partial charge in [-0.2, -0.15) is 5.26 Å². The zero-order valence-electron chi connectivity index (χ0n) is 11.3. The summed E-state index contributed by atoms with van der Waals surface area (Å²) in [6, 6.07) is 15.1. The quantitative estimate of drug-likeness (QED) is 0.874. The maximum Gasteiger partial charge on any atom is 0.240 e. The van der Waals surface area contributed by atoms with Gasteiger partial charge in [0.05, 0.1) is 16.5 Å². The van der Waals surface area contributed by atoms with Crippen LogP contribution in [0.4, 0.5) is 0 Å². The molecule has 3 N–H and O–H groups in total. The van der Waals surface area contributed by atoms with E-state index in [1.807, 2.05) is 30.3 Å². The van der Waals surface area contributed by atoms with Crippen LogP contribution >= 0.6 is 0 Å². The normalized spacial score (nSPS) is 11.0. The molecule has 0 heterocycles. The van der Waals surface area contributed by atoms with E-state index in [-0.39, 0.29) is 11.4 Å². The highest BCUT2D eigenvalue weighted by molar-refractivity contribution is 7.89. The van der Waals surface area contributed by atoms with Gasteiger partial charge in [-0.1, -0.05) is 24.3 Å². The van der Waals surface area contributed by atoms with Crippen LogP contribution in [0.3, 0.4) is 0 Å². The van der Waals surface area contributed by atoms with Gasteiger partial charge in [-0.25, -0.2) is 13.1 Å². The molecular formula is C15H15N3O2S. The first-order valence-electron chi connectivity index (χ1n) is 6.33. The molecular weight excluding hydrogens is 286 g/mol. The van der Waals surface area contributed by atoms with Gasteiger partial charge in [0.15, 0.2) is 0 Å². The van der Waals surface area contributed by atoms with E-state index in [0.717, 1.165) is 11.1 Å². The van der Waals surface area contributed by atoms with E-state index in [4.69, 9.17) is 11.0 Å². The van der Waals surface area contributed by atoms with E-state index in [9.17, 15) is 8.42 Å². The molecule has 2 aromatic carbocycles. The van der Waals surface area contributed by atoms with Gasteiger partial charge >= 0.3 is 0 Å². The van der Waals surface area contributed by atoms with Crippen molar-refractivity contribution >= 4 is 10.0 Å². The number of benzene rings is 2. The Balaban J connectivity index is 2.08. The molecule has 0 aliphatic rings. The summed E-state index contributed by atoms with van der Waals surface area (Å²) in [6.45, 7) is 0.657. The van der Waals surface area contributed by atoms with Gasteiger partial charge in [-0.05, 0) is 35.4 Å². The average Bonchev–Trinajstić information content (AvgIpc) is 2.53. The van der Waals surface area contributed by atoms with E-state index in [1.54, 1.807) is 0 Å². The molecule has 0 saturated heterocycles. The zero-order chi connectivity index (χ0) is 15.3. The number of sulfonamides is 1. The Labute approximate surface area is 124 Å². The minimum atomic E-state index is -3.58. The lowest BCUT2D eigenvalue weighted by Crippen LogP contribution is -2.23. The summed E-state index contributed by atoms with van der Waals surface area (Å²) in [5, 5.41) is 8.70. The number of hydrogen-bond donors (Lipinski definition) is 2. The van der Waals surface area contributed by atoms with Gasteiger partial charge in [-0.15, -0.1) is 0 Å². The van der Waals surface area contributed by atoms with Crippen molar-refractivity contribution in [1.29, 1.82) is 5.26 Å². The van der Waals surface area contributed by atoms with Crippen LogP contribution in [0, 0.1) is 11.3 Å². The van der Waals surface area contributed by atoms with Crippen LogP contribution < -0.4 is 10.5 Å². The first-order valence-corrected chi connectivity index (χ1v) is 7.81. The topological polar surface area (TPSA) is 96.0 Å². The monoisotopic (exact) mass is 301 g/mol. The maximum atomic E-state index is 12.1. The molecule has 0 saturated carbocycles. The summed E-state index contributed by atoms with van der Waals surface area (Å²) in [5.41, 5.74) is 7.78. The molecule has 0 spiro atoms. The standard InChI is InChI=1S/C15H15N3O2S/c16-9-12-1-3-14(4-2-12)11-18-21(19,20)15-7-5-13(10-17)6-8-15/h1-8,18H,9,11,16H2. The van der Waals surface area contributed by atoms with Crippen molar-refractivity contribution in [2.45, 2.75) is 18.0 Å². The summed E-state index contributed by atoms with van der Waals surface area (Å²) in [5.74, 6) is 0. The van der Waals surface area contributed by atoms with Crippen molar-refractivity contribution in [3.8, 4) is 6.07 Å². The van der Waals surface area contributed by atoms with E-state index >= 15 is 0 Å². The van der Waals surface area contributed by atoms with Gasteiger partial charge in [0.1, 0.15) is 0 Å². The highest BCUT2D eigenvalue weighted by atomic mass is 32.2. The fourth-order valence-corrected chi connectivity index (χ4v) is 2.78. The SMILES string of the molecule is N#Cc1ccc(S(=O)(=O)NCc2ccc(CN)cc2)cc1. The molecule has 2 aromatic rings. The Bertz CT molecular complexity index is 745. The van der Waals surface area contributed by atoms with Crippen LogP contribution in [0.2, 0.25) is 0 Å². The average molecular weight is 301 g/mol. The van der Waals surface area contributed by atoms with Crippen LogP contribution in [0.5, 0.6) is 0 Å². The van der Waals surface area contributed by atoms with Gasteiger partial charge in [0, 0.05) is 13.1 Å². The Morgan fingerprint density at radius 1 is 1.00 bits per heavy atom. The molecule has 0 atom stereocenters. The van der Waals surface area contributed by atoms with Crippen LogP contribution in [-0.4, -0.2) is 8.42 Å². The molecule has 6 heteroatoms. The second-order valence-electron chi connectivity index (χ2n) is 4.48. The molecule has 0 bridgehead atoms. The van der Waals surface area contributed by atoms with Crippen LogP contribution in [-0.2, 0) is 23.1 Å². The minimum absolute atomic E-state index is 0.139. The molecule has 0 amide bonds. The van der Waals surface area contributed by atoms with Crippen molar-refractivity contribution in [1.82, 2.24) is 4.72 Å². The molecule has 0 radical (unpaired) electrons. The fraction of sp³-hybridized carbons (Fsp3) is 0.133. The van der Waals surface area contributed by atoms with Crippen molar-refractivity contribution in [2.75, 3.05) is 0 Å². The number of nitrogens with one attached hydrogen (secondary N) is 1. The summed E-state index contributed by atoms with van der Waals surface area (Å²) in [4.78, 5) is 0.139. The largest absolute Gasteiger partial charge is 0.326 e.